The van der Waals surface area contributed by atoms with Gasteiger partial charge in [0.05, 0.1) is 6.10 Å². The van der Waals surface area contributed by atoms with Crippen LogP contribution in [0.4, 0.5) is 10.5 Å². The number of amides is 4. The standard InChI is InChI=1S/C17H20ClN3O4/c1-11-16(23)20(10-15(22)19-9-14-3-2-8-25-14)17(24)21(11)13-6-4-12(18)5-7-13/h4-7,11,14H,2-3,8-10H2,1H3,(H,19,22)/t11-,14+/m1/s1. The molecule has 0 bridgehead atoms. The van der Waals surface area contributed by atoms with Crippen LogP contribution in [0, 0.1) is 0 Å². The molecule has 0 spiro atoms. The van der Waals surface area contributed by atoms with E-state index in [0.29, 0.717) is 23.9 Å². The van der Waals surface area contributed by atoms with Crippen LogP contribution in [0.25, 0.3) is 0 Å². The van der Waals surface area contributed by atoms with Crippen molar-refractivity contribution < 1.29 is 19.1 Å². The second kappa shape index (κ2) is 7.41. The molecule has 2 heterocycles. The zero-order valence-corrected chi connectivity index (χ0v) is 14.7. The lowest BCUT2D eigenvalue weighted by Crippen LogP contribution is -2.43. The number of urea groups is 1. The van der Waals surface area contributed by atoms with Gasteiger partial charge in [-0.05, 0) is 44.0 Å². The van der Waals surface area contributed by atoms with E-state index in [1.807, 2.05) is 0 Å². The first-order valence-electron chi connectivity index (χ1n) is 8.26. The van der Waals surface area contributed by atoms with Crippen molar-refractivity contribution in [2.45, 2.75) is 31.9 Å². The van der Waals surface area contributed by atoms with Gasteiger partial charge in [0, 0.05) is 23.9 Å². The molecule has 7 nitrogen and oxygen atoms in total. The van der Waals surface area contributed by atoms with Crippen molar-refractivity contribution >= 4 is 35.1 Å². The predicted octanol–water partition coefficient (Wildman–Crippen LogP) is 1.79. The third-order valence-electron chi connectivity index (χ3n) is 4.41. The van der Waals surface area contributed by atoms with Crippen LogP contribution in [-0.2, 0) is 14.3 Å². The monoisotopic (exact) mass is 365 g/mol. The van der Waals surface area contributed by atoms with Crippen LogP contribution in [0.15, 0.2) is 24.3 Å². The second-order valence-electron chi connectivity index (χ2n) is 6.17. The summed E-state index contributed by atoms with van der Waals surface area (Å²) in [6.07, 6.45) is 1.90. The number of ether oxygens (including phenoxy) is 1. The van der Waals surface area contributed by atoms with E-state index in [9.17, 15) is 14.4 Å². The van der Waals surface area contributed by atoms with Gasteiger partial charge >= 0.3 is 6.03 Å². The summed E-state index contributed by atoms with van der Waals surface area (Å²) >= 11 is 5.86. The van der Waals surface area contributed by atoms with Gasteiger partial charge < -0.3 is 10.1 Å². The number of halogens is 1. The molecule has 0 aromatic heterocycles. The zero-order chi connectivity index (χ0) is 18.0. The van der Waals surface area contributed by atoms with E-state index in [1.54, 1.807) is 31.2 Å². The largest absolute Gasteiger partial charge is 0.376 e. The van der Waals surface area contributed by atoms with Crippen molar-refractivity contribution in [2.24, 2.45) is 0 Å². The van der Waals surface area contributed by atoms with Crippen LogP contribution in [0.3, 0.4) is 0 Å². The molecule has 0 unspecified atom stereocenters. The first kappa shape index (κ1) is 17.7. The maximum atomic E-state index is 12.6. The second-order valence-corrected chi connectivity index (χ2v) is 6.60. The minimum absolute atomic E-state index is 0.0124. The number of nitrogens with zero attached hydrogens (tertiary/aromatic N) is 2. The van der Waals surface area contributed by atoms with Gasteiger partial charge in [0.15, 0.2) is 0 Å². The highest BCUT2D eigenvalue weighted by molar-refractivity contribution is 6.30. The molecule has 2 aliphatic rings. The summed E-state index contributed by atoms with van der Waals surface area (Å²) in [5.74, 6) is -0.769. The molecule has 1 aromatic carbocycles. The van der Waals surface area contributed by atoms with Crippen molar-refractivity contribution in [2.75, 3.05) is 24.6 Å². The molecule has 2 aliphatic heterocycles. The molecule has 0 aliphatic carbocycles. The number of hydrogen-bond donors (Lipinski definition) is 1. The lowest BCUT2D eigenvalue weighted by molar-refractivity contribution is -0.132. The van der Waals surface area contributed by atoms with Gasteiger partial charge in [0.2, 0.25) is 5.91 Å². The summed E-state index contributed by atoms with van der Waals surface area (Å²) < 4.78 is 5.44. The quantitative estimate of drug-likeness (QED) is 0.807. The Morgan fingerprint density at radius 3 is 2.68 bits per heavy atom. The van der Waals surface area contributed by atoms with Gasteiger partial charge in [-0.15, -0.1) is 0 Å². The normalized spacial score (nSPS) is 23.4. The zero-order valence-electron chi connectivity index (χ0n) is 13.9. The fourth-order valence-corrected chi connectivity index (χ4v) is 3.17. The highest BCUT2D eigenvalue weighted by Gasteiger charge is 2.44. The maximum Gasteiger partial charge on any atom is 0.332 e. The molecule has 1 N–H and O–H groups in total. The molecule has 4 amide bonds. The number of imide groups is 1. The molecule has 2 saturated heterocycles. The fourth-order valence-electron chi connectivity index (χ4n) is 3.04. The van der Waals surface area contributed by atoms with Gasteiger partial charge in [-0.3, -0.25) is 19.4 Å². The van der Waals surface area contributed by atoms with Crippen molar-refractivity contribution in [1.29, 1.82) is 0 Å². The average Bonchev–Trinajstić information content (AvgIpc) is 3.18. The van der Waals surface area contributed by atoms with E-state index in [1.165, 1.54) is 4.90 Å². The fraction of sp³-hybridized carbons (Fsp3) is 0.471. The molecule has 0 radical (unpaired) electrons. The molecule has 25 heavy (non-hydrogen) atoms. The minimum atomic E-state index is -0.667. The highest BCUT2D eigenvalue weighted by Crippen LogP contribution is 2.26. The topological polar surface area (TPSA) is 79.0 Å². The molecule has 8 heteroatoms. The third kappa shape index (κ3) is 3.77. The molecule has 2 fully saturated rings. The summed E-state index contributed by atoms with van der Waals surface area (Å²) in [5, 5.41) is 3.26. The number of hydrogen-bond acceptors (Lipinski definition) is 4. The number of carbonyl (C=O) groups excluding carboxylic acids is 3. The summed E-state index contributed by atoms with van der Waals surface area (Å²) in [6.45, 7) is 2.45. The van der Waals surface area contributed by atoms with Gasteiger partial charge in [0.25, 0.3) is 5.91 Å². The van der Waals surface area contributed by atoms with E-state index in [2.05, 4.69) is 5.32 Å². The first-order chi connectivity index (χ1) is 12.0. The Kier molecular flexibility index (Phi) is 5.24. The molecular weight excluding hydrogens is 346 g/mol. The van der Waals surface area contributed by atoms with Crippen LogP contribution >= 0.6 is 11.6 Å². The Morgan fingerprint density at radius 2 is 2.04 bits per heavy atom. The first-order valence-corrected chi connectivity index (χ1v) is 8.63. The summed E-state index contributed by atoms with van der Waals surface area (Å²) in [7, 11) is 0. The predicted molar refractivity (Wildman–Crippen MR) is 92.5 cm³/mol. The van der Waals surface area contributed by atoms with Crippen LogP contribution < -0.4 is 10.2 Å². The van der Waals surface area contributed by atoms with E-state index in [-0.39, 0.29) is 18.6 Å². The van der Waals surface area contributed by atoms with Crippen molar-refractivity contribution in [3.63, 3.8) is 0 Å². The lowest BCUT2D eigenvalue weighted by atomic mass is 10.2. The van der Waals surface area contributed by atoms with E-state index < -0.39 is 18.0 Å². The van der Waals surface area contributed by atoms with Gasteiger partial charge in [-0.25, -0.2) is 4.79 Å². The highest BCUT2D eigenvalue weighted by atomic mass is 35.5. The third-order valence-corrected chi connectivity index (χ3v) is 4.66. The maximum absolute atomic E-state index is 12.6. The van der Waals surface area contributed by atoms with Crippen molar-refractivity contribution in [3.05, 3.63) is 29.3 Å². The summed E-state index contributed by atoms with van der Waals surface area (Å²) in [5.41, 5.74) is 0.567. The Hall–Kier alpha value is -2.12. The van der Waals surface area contributed by atoms with Crippen LogP contribution in [-0.4, -0.2) is 54.6 Å². The van der Waals surface area contributed by atoms with Crippen LogP contribution in [0.5, 0.6) is 0 Å². The molecule has 1 aromatic rings. The molecule has 3 rings (SSSR count). The molecule has 2 atom stereocenters. The number of benzene rings is 1. The van der Waals surface area contributed by atoms with Crippen molar-refractivity contribution in [3.8, 4) is 0 Å². The Bertz CT molecular complexity index is 673. The molecule has 0 saturated carbocycles. The molecule has 134 valence electrons. The van der Waals surface area contributed by atoms with Crippen LogP contribution in [0.1, 0.15) is 19.8 Å². The van der Waals surface area contributed by atoms with E-state index in [0.717, 1.165) is 17.7 Å². The smallest absolute Gasteiger partial charge is 0.332 e. The Morgan fingerprint density at radius 1 is 1.32 bits per heavy atom. The summed E-state index contributed by atoms with van der Waals surface area (Å²) in [4.78, 5) is 39.4. The number of carbonyl (C=O) groups is 3. The van der Waals surface area contributed by atoms with Crippen LogP contribution in [0.2, 0.25) is 5.02 Å². The van der Waals surface area contributed by atoms with Gasteiger partial charge in [0.1, 0.15) is 12.6 Å². The number of rotatable bonds is 5. The number of anilines is 1. The Labute approximate surface area is 150 Å². The average molecular weight is 366 g/mol. The lowest BCUT2D eigenvalue weighted by Gasteiger charge is -2.19. The molecular formula is C17H20ClN3O4. The number of nitrogens with one attached hydrogen (secondary N) is 1. The van der Waals surface area contributed by atoms with Gasteiger partial charge in [-0.2, -0.15) is 0 Å². The van der Waals surface area contributed by atoms with E-state index >= 15 is 0 Å². The SMILES string of the molecule is C[C@@H]1C(=O)N(CC(=O)NC[C@@H]2CCCO2)C(=O)N1c1ccc(Cl)cc1. The Balaban J connectivity index is 1.63. The van der Waals surface area contributed by atoms with E-state index in [4.69, 9.17) is 16.3 Å². The van der Waals surface area contributed by atoms with Crippen molar-refractivity contribution in [1.82, 2.24) is 10.2 Å². The van der Waals surface area contributed by atoms with Gasteiger partial charge in [-0.1, -0.05) is 11.6 Å². The minimum Gasteiger partial charge on any atom is -0.376 e. The summed E-state index contributed by atoms with van der Waals surface area (Å²) in [6, 6.07) is 5.47.